The number of methoxy groups -OCH3 is 1. The van der Waals surface area contributed by atoms with Crippen molar-refractivity contribution in [3.8, 4) is 0 Å². The summed E-state index contributed by atoms with van der Waals surface area (Å²) in [4.78, 5) is 70.2. The van der Waals surface area contributed by atoms with Gasteiger partial charge in [0, 0.05) is 168 Å². The molecular formula is C72H93ClF2N8O8. The maximum absolute atomic E-state index is 13.9. The summed E-state index contributed by atoms with van der Waals surface area (Å²) in [7, 11) is 1.72. The fourth-order valence-corrected chi connectivity index (χ4v) is 13.7. The normalized spacial score (nSPS) is 18.9. The van der Waals surface area contributed by atoms with Crippen molar-refractivity contribution in [3.63, 3.8) is 0 Å². The van der Waals surface area contributed by atoms with E-state index < -0.39 is 0 Å². The van der Waals surface area contributed by atoms with Crippen LogP contribution in [0.3, 0.4) is 0 Å². The van der Waals surface area contributed by atoms with E-state index in [9.17, 15) is 28.0 Å². The zero-order valence-corrected chi connectivity index (χ0v) is 54.6. The molecule has 4 aliphatic rings. The second kappa shape index (κ2) is 34.5. The molecule has 4 fully saturated rings. The van der Waals surface area contributed by atoms with Gasteiger partial charge in [0.1, 0.15) is 11.6 Å². The van der Waals surface area contributed by atoms with Crippen molar-refractivity contribution in [2.45, 2.75) is 129 Å². The van der Waals surface area contributed by atoms with Gasteiger partial charge in [0.25, 0.3) is 22.2 Å². The number of nitrogens with zero attached hydrogens (tertiary/aromatic N) is 4. The van der Waals surface area contributed by atoms with Crippen molar-refractivity contribution < 1.29 is 27.7 Å². The molecule has 19 heteroatoms. The molecule has 8 aromatic rings. The van der Waals surface area contributed by atoms with Crippen LogP contribution >= 0.6 is 11.6 Å². The summed E-state index contributed by atoms with van der Waals surface area (Å²) in [5.41, 5.74) is 4.22. The number of hydrogen-bond acceptors (Lipinski definition) is 12. The predicted molar refractivity (Wildman–Crippen MR) is 362 cm³/mol. The highest BCUT2D eigenvalue weighted by atomic mass is 35.5. The predicted octanol–water partition coefficient (Wildman–Crippen LogP) is 11.1. The minimum Gasteiger partial charge on any atom is -0.383 e. The summed E-state index contributed by atoms with van der Waals surface area (Å²) in [5.74, 6) is -0.687. The van der Waals surface area contributed by atoms with Gasteiger partial charge in [-0.3, -0.25) is 38.8 Å². The summed E-state index contributed by atoms with van der Waals surface area (Å²) in [6, 6.07) is 30.2. The number of rotatable bonds is 23. The van der Waals surface area contributed by atoms with Crippen molar-refractivity contribution in [3.05, 3.63) is 183 Å². The number of halogens is 3. The van der Waals surface area contributed by atoms with Crippen LogP contribution in [0.4, 0.5) is 8.78 Å². The van der Waals surface area contributed by atoms with Crippen LogP contribution < -0.4 is 22.2 Å². The number of nitrogens with one attached hydrogen (secondary N) is 4. The zero-order chi connectivity index (χ0) is 64.2. The van der Waals surface area contributed by atoms with E-state index in [2.05, 4.69) is 58.6 Å². The fourth-order valence-electron chi connectivity index (χ4n) is 13.5. The van der Waals surface area contributed by atoms with Crippen LogP contribution in [-0.4, -0.2) is 169 Å². The molecular weight excluding hydrogens is 1180 g/mol. The first-order chi connectivity index (χ1) is 44.2. The molecule has 4 aliphatic heterocycles. The average molecular weight is 1270 g/mol. The summed E-state index contributed by atoms with van der Waals surface area (Å²) in [6.45, 7) is 21.5. The number of fused-ring (bicyclic) bond motifs is 4. The molecule has 16 nitrogen and oxygen atoms in total. The first-order valence-electron chi connectivity index (χ1n) is 33.0. The molecule has 0 unspecified atom stereocenters. The number of benzene rings is 4. The van der Waals surface area contributed by atoms with Gasteiger partial charge >= 0.3 is 0 Å². The Hall–Kier alpha value is -6.45. The zero-order valence-electron chi connectivity index (χ0n) is 53.8. The lowest BCUT2D eigenvalue weighted by Crippen LogP contribution is -2.35. The number of H-pyrrole nitrogens is 4. The van der Waals surface area contributed by atoms with Gasteiger partial charge in [-0.05, 0) is 183 Å². The van der Waals surface area contributed by atoms with Gasteiger partial charge in [0.2, 0.25) is 0 Å². The summed E-state index contributed by atoms with van der Waals surface area (Å²) < 4.78 is 49.7. The average Bonchev–Trinajstić information content (AvgIpc) is 1.82. The van der Waals surface area contributed by atoms with Gasteiger partial charge in [-0.15, -0.1) is 0 Å². The van der Waals surface area contributed by atoms with Crippen LogP contribution in [0.15, 0.2) is 116 Å². The van der Waals surface area contributed by atoms with Crippen LogP contribution in [0, 0.1) is 18.6 Å². The number of hydrogen-bond donors (Lipinski definition) is 4. The molecule has 91 heavy (non-hydrogen) atoms. The third-order valence-electron chi connectivity index (χ3n) is 18.4. The van der Waals surface area contributed by atoms with E-state index in [-0.39, 0.29) is 33.9 Å². The molecule has 0 spiro atoms. The van der Waals surface area contributed by atoms with Crippen LogP contribution in [0.2, 0.25) is 5.02 Å². The minimum atomic E-state index is -0.344. The van der Waals surface area contributed by atoms with Gasteiger partial charge < -0.3 is 38.9 Å². The van der Waals surface area contributed by atoms with E-state index in [0.717, 1.165) is 169 Å². The molecule has 8 heterocycles. The van der Waals surface area contributed by atoms with E-state index >= 15 is 0 Å². The Morgan fingerprint density at radius 3 is 1.10 bits per heavy atom. The largest absolute Gasteiger partial charge is 0.383 e. The maximum atomic E-state index is 13.9. The van der Waals surface area contributed by atoms with Gasteiger partial charge in [-0.2, -0.15) is 0 Å². The smallest absolute Gasteiger partial charge is 0.256 e. The molecule has 0 saturated carbocycles. The van der Waals surface area contributed by atoms with E-state index in [1.54, 1.807) is 43.5 Å². The summed E-state index contributed by atoms with van der Waals surface area (Å²) in [6.07, 6.45) is 12.6. The number of aromatic nitrogens is 4. The molecule has 12 rings (SSSR count). The topological polar surface area (TPSA) is 181 Å². The molecule has 4 aromatic carbocycles. The highest BCUT2D eigenvalue weighted by molar-refractivity contribution is 6.35. The Bertz CT molecular complexity index is 3600. The highest BCUT2D eigenvalue weighted by Gasteiger charge is 2.28. The van der Waals surface area contributed by atoms with Crippen LogP contribution in [0.1, 0.15) is 100 Å². The van der Waals surface area contributed by atoms with Crippen LogP contribution in [0.25, 0.3) is 43.1 Å². The first kappa shape index (κ1) is 68.9. The highest BCUT2D eigenvalue weighted by Crippen LogP contribution is 2.26. The first-order valence-corrected chi connectivity index (χ1v) is 33.3. The van der Waals surface area contributed by atoms with E-state index in [1.807, 2.05) is 57.2 Å². The van der Waals surface area contributed by atoms with E-state index in [4.69, 9.17) is 30.5 Å². The van der Waals surface area contributed by atoms with Gasteiger partial charge in [-0.1, -0.05) is 41.9 Å². The van der Waals surface area contributed by atoms with Gasteiger partial charge in [0.05, 0.1) is 26.4 Å². The molecule has 0 amide bonds. The Kier molecular flexibility index (Phi) is 26.1. The number of pyridine rings is 4. The fraction of sp³-hybridized carbons (Fsp3) is 0.500. The number of aryl methyl sites for hydroxylation is 1. The van der Waals surface area contributed by atoms with Crippen molar-refractivity contribution in [2.75, 3.05) is 106 Å². The van der Waals surface area contributed by atoms with Crippen molar-refractivity contribution in [1.29, 1.82) is 0 Å². The third kappa shape index (κ3) is 18.7. The third-order valence-corrected chi connectivity index (χ3v) is 18.7. The lowest BCUT2D eigenvalue weighted by molar-refractivity contribution is 0.0856. The van der Waals surface area contributed by atoms with Gasteiger partial charge in [-0.25, -0.2) is 8.78 Å². The van der Waals surface area contributed by atoms with Crippen molar-refractivity contribution >= 4 is 54.7 Å². The maximum Gasteiger partial charge on any atom is 0.256 e. The van der Waals surface area contributed by atoms with Crippen molar-refractivity contribution in [1.82, 2.24) is 39.5 Å². The standard InChI is InChI=1S/C19H26N2O2.C18H23ClN2O2.C18H23FN2O2.C17H21FN2O2/c1-3-23-13-16-7-5-10-21(16)11-9-15-12-18-14(2)6-4-8-17(18)19(22)20-15;2*1-2-23-12-14-5-4-9-21(14)10-8-13-11-16-15(18(22)20-13)6-3-7-17(16)19;1-22-11-13-4-3-8-20(13)9-7-12-10-15-14(17(21)19-12)5-2-6-16(15)18/h4,6,8,12,16H,3,5,7,9-11,13H2,1-2H3,(H,20,22);2*3,6-7,11,14H,2,4-5,8-10,12H2,1H3,(H,20,22);2,5-6,10,13H,3-4,7-9,11H2,1H3,(H,19,21)/t16-;2*14-;13-/m1111/s1. The number of aromatic amines is 4. The molecule has 4 atom stereocenters. The number of likely N-dealkylation sites (tertiary alicyclic amines) is 4. The quantitative estimate of drug-likeness (QED) is 0.0477. The Morgan fingerprint density at radius 2 is 0.736 bits per heavy atom. The monoisotopic (exact) mass is 1270 g/mol. The van der Waals surface area contributed by atoms with Gasteiger partial charge in [0.15, 0.2) is 0 Å². The van der Waals surface area contributed by atoms with E-state index in [1.165, 1.54) is 50.7 Å². The number of ether oxygens (including phenoxy) is 4. The van der Waals surface area contributed by atoms with Crippen LogP contribution in [0.5, 0.6) is 0 Å². The lowest BCUT2D eigenvalue weighted by Gasteiger charge is -2.24. The SMILES string of the molecule is CCOC[C@H]1CCCN1CCc1cc2c(C)cccc2c(=O)[nH]1.CCOC[C@H]1CCCN1CCc1cc2c(Cl)cccc2c(=O)[nH]1.CCOC[C@H]1CCCN1CCc1cc2c(F)cccc2c(=O)[nH]1.COC[C@H]1CCCN1CCc1cc2c(F)cccc2c(=O)[nH]1. The van der Waals surface area contributed by atoms with E-state index in [0.29, 0.717) is 69.0 Å². The minimum absolute atomic E-state index is 0.0217. The van der Waals surface area contributed by atoms with Crippen molar-refractivity contribution in [2.24, 2.45) is 0 Å². The summed E-state index contributed by atoms with van der Waals surface area (Å²) in [5, 5.41) is 5.57. The molecule has 4 aromatic heterocycles. The Balaban J connectivity index is 0.000000144. The molecule has 0 bridgehead atoms. The Morgan fingerprint density at radius 1 is 0.429 bits per heavy atom. The molecule has 0 aliphatic carbocycles. The molecule has 4 saturated heterocycles. The second-order valence-electron chi connectivity index (χ2n) is 24.4. The lowest BCUT2D eigenvalue weighted by atomic mass is 10.1. The van der Waals surface area contributed by atoms with Crippen LogP contribution in [-0.2, 0) is 44.6 Å². The summed E-state index contributed by atoms with van der Waals surface area (Å²) >= 11 is 6.23. The Labute approximate surface area is 537 Å². The molecule has 490 valence electrons. The molecule has 0 radical (unpaired) electrons. The second-order valence-corrected chi connectivity index (χ2v) is 24.8. The molecule has 4 N–H and O–H groups in total.